The summed E-state index contributed by atoms with van der Waals surface area (Å²) in [5.41, 5.74) is 6.00. The Bertz CT molecular complexity index is 298. The van der Waals surface area contributed by atoms with Crippen molar-refractivity contribution >= 4 is 21.6 Å². The lowest BCUT2D eigenvalue weighted by molar-refractivity contribution is 0.515. The molecule has 0 aromatic rings. The molecular formula is C12H25NO2S2. The van der Waals surface area contributed by atoms with E-state index in [0.717, 1.165) is 17.4 Å². The predicted molar refractivity (Wildman–Crippen MR) is 76.3 cm³/mol. The molecule has 0 heterocycles. The Labute approximate surface area is 110 Å². The monoisotopic (exact) mass is 279 g/mol. The van der Waals surface area contributed by atoms with Crippen LogP contribution in [0.15, 0.2) is 0 Å². The second kappa shape index (κ2) is 7.64. The Morgan fingerprint density at radius 3 is 2.53 bits per heavy atom. The highest BCUT2D eigenvalue weighted by Gasteiger charge is 2.15. The van der Waals surface area contributed by atoms with E-state index in [0.29, 0.717) is 6.42 Å². The zero-order valence-electron chi connectivity index (χ0n) is 10.7. The zero-order valence-corrected chi connectivity index (χ0v) is 12.4. The second-order valence-electron chi connectivity index (χ2n) is 5.13. The molecule has 1 saturated carbocycles. The maximum Gasteiger partial charge on any atom is 0.147 e. The molecule has 0 radical (unpaired) electrons. The Morgan fingerprint density at radius 1 is 1.29 bits per heavy atom. The fraction of sp³-hybridized carbons (Fsp3) is 1.00. The lowest BCUT2D eigenvalue weighted by atomic mass is 10.0. The van der Waals surface area contributed by atoms with Gasteiger partial charge in [0.25, 0.3) is 0 Å². The summed E-state index contributed by atoms with van der Waals surface area (Å²) in [5, 5.41) is 0.796. The highest BCUT2D eigenvalue weighted by Crippen LogP contribution is 2.28. The molecule has 3 nitrogen and oxygen atoms in total. The van der Waals surface area contributed by atoms with Crippen LogP contribution in [0.3, 0.4) is 0 Å². The summed E-state index contributed by atoms with van der Waals surface area (Å²) in [4.78, 5) is 0. The van der Waals surface area contributed by atoms with Crippen LogP contribution >= 0.6 is 11.8 Å². The molecule has 17 heavy (non-hydrogen) atoms. The summed E-state index contributed by atoms with van der Waals surface area (Å²) in [6.07, 6.45) is 9.59. The first kappa shape index (κ1) is 15.3. The smallest absolute Gasteiger partial charge is 0.147 e. The third-order valence-corrected chi connectivity index (χ3v) is 5.78. The minimum atomic E-state index is -2.82. The fourth-order valence-electron chi connectivity index (χ4n) is 2.18. The van der Waals surface area contributed by atoms with Gasteiger partial charge in [0.15, 0.2) is 0 Å². The van der Waals surface area contributed by atoms with Crippen LogP contribution in [0.1, 0.15) is 44.9 Å². The van der Waals surface area contributed by atoms with Crippen molar-refractivity contribution in [3.8, 4) is 0 Å². The molecule has 0 aromatic heterocycles. The fourth-order valence-corrected chi connectivity index (χ4v) is 4.23. The molecule has 1 aliphatic rings. The molecule has 1 unspecified atom stereocenters. The summed E-state index contributed by atoms with van der Waals surface area (Å²) < 4.78 is 21.9. The second-order valence-corrected chi connectivity index (χ2v) is 8.72. The van der Waals surface area contributed by atoms with Gasteiger partial charge in [0.1, 0.15) is 9.84 Å². The van der Waals surface area contributed by atoms with Gasteiger partial charge in [-0.15, -0.1) is 0 Å². The first-order valence-electron chi connectivity index (χ1n) is 6.52. The van der Waals surface area contributed by atoms with Gasteiger partial charge >= 0.3 is 0 Å². The van der Waals surface area contributed by atoms with Gasteiger partial charge < -0.3 is 5.73 Å². The summed E-state index contributed by atoms with van der Waals surface area (Å²) in [6.45, 7) is 0. The largest absolute Gasteiger partial charge is 0.327 e. The van der Waals surface area contributed by atoms with Crippen molar-refractivity contribution in [2.45, 2.75) is 56.2 Å². The molecule has 1 atom stereocenters. The average Bonchev–Trinajstić information content (AvgIpc) is 2.26. The van der Waals surface area contributed by atoms with E-state index in [9.17, 15) is 8.42 Å². The highest BCUT2D eigenvalue weighted by molar-refractivity contribution is 7.99. The first-order chi connectivity index (χ1) is 7.97. The lowest BCUT2D eigenvalue weighted by Gasteiger charge is -2.22. The molecule has 1 fully saturated rings. The van der Waals surface area contributed by atoms with Crippen LogP contribution in [0, 0.1) is 0 Å². The Kier molecular flexibility index (Phi) is 6.89. The van der Waals surface area contributed by atoms with E-state index >= 15 is 0 Å². The molecule has 0 saturated heterocycles. The van der Waals surface area contributed by atoms with Crippen LogP contribution < -0.4 is 5.73 Å². The van der Waals surface area contributed by atoms with Gasteiger partial charge in [-0.3, -0.25) is 0 Å². The summed E-state index contributed by atoms with van der Waals surface area (Å²) >= 11 is 1.99. The van der Waals surface area contributed by atoms with Crippen LogP contribution in [0.4, 0.5) is 0 Å². The average molecular weight is 279 g/mol. The van der Waals surface area contributed by atoms with Crippen molar-refractivity contribution in [2.24, 2.45) is 5.73 Å². The number of rotatable bonds is 7. The van der Waals surface area contributed by atoms with Crippen LogP contribution in [0.2, 0.25) is 0 Å². The van der Waals surface area contributed by atoms with E-state index in [-0.39, 0.29) is 11.8 Å². The van der Waals surface area contributed by atoms with Gasteiger partial charge in [0, 0.05) is 29.1 Å². The molecule has 5 heteroatoms. The van der Waals surface area contributed by atoms with Crippen molar-refractivity contribution in [2.75, 3.05) is 17.8 Å². The van der Waals surface area contributed by atoms with E-state index in [2.05, 4.69) is 0 Å². The van der Waals surface area contributed by atoms with Gasteiger partial charge in [0.05, 0.1) is 0 Å². The SMILES string of the molecule is CS(=O)(=O)CCCC(N)CSC1CCCCC1. The highest BCUT2D eigenvalue weighted by atomic mass is 32.2. The number of thioether (sulfide) groups is 1. The standard InChI is InChI=1S/C12H25NO2S2/c1-17(14,15)9-5-6-11(13)10-16-12-7-3-2-4-8-12/h11-12H,2-10,13H2,1H3. The third kappa shape index (κ3) is 8.06. The Hall–Kier alpha value is 0.260. The molecule has 0 amide bonds. The molecule has 0 aromatic carbocycles. The normalized spacial score (nSPS) is 20.4. The van der Waals surface area contributed by atoms with Crippen LogP contribution in [-0.4, -0.2) is 37.5 Å². The van der Waals surface area contributed by atoms with Crippen LogP contribution in [0.25, 0.3) is 0 Å². The van der Waals surface area contributed by atoms with Crippen LogP contribution in [0.5, 0.6) is 0 Å². The number of nitrogens with two attached hydrogens (primary N) is 1. The van der Waals surface area contributed by atoms with Gasteiger partial charge in [-0.2, -0.15) is 11.8 Å². The van der Waals surface area contributed by atoms with E-state index in [4.69, 9.17) is 5.73 Å². The summed E-state index contributed by atoms with van der Waals surface area (Å²) in [6, 6.07) is 0.156. The molecule has 0 bridgehead atoms. The Balaban J connectivity index is 2.06. The number of hydrogen-bond donors (Lipinski definition) is 1. The molecule has 0 spiro atoms. The molecule has 0 aliphatic heterocycles. The minimum Gasteiger partial charge on any atom is -0.327 e. The zero-order chi connectivity index (χ0) is 12.7. The van der Waals surface area contributed by atoms with E-state index in [1.165, 1.54) is 38.4 Å². The maximum atomic E-state index is 11.0. The quantitative estimate of drug-likeness (QED) is 0.776. The van der Waals surface area contributed by atoms with Crippen molar-refractivity contribution in [3.63, 3.8) is 0 Å². The van der Waals surface area contributed by atoms with Crippen molar-refractivity contribution in [3.05, 3.63) is 0 Å². The van der Waals surface area contributed by atoms with Gasteiger partial charge in [0.2, 0.25) is 0 Å². The van der Waals surface area contributed by atoms with E-state index in [1.54, 1.807) is 0 Å². The third-order valence-electron chi connectivity index (χ3n) is 3.19. The molecular weight excluding hydrogens is 254 g/mol. The molecule has 102 valence electrons. The van der Waals surface area contributed by atoms with Crippen LogP contribution in [-0.2, 0) is 9.84 Å². The van der Waals surface area contributed by atoms with Gasteiger partial charge in [-0.1, -0.05) is 19.3 Å². The minimum absolute atomic E-state index is 0.156. The number of sulfone groups is 1. The molecule has 1 rings (SSSR count). The maximum absolute atomic E-state index is 11.0. The summed E-state index contributed by atoms with van der Waals surface area (Å²) in [5.74, 6) is 1.25. The van der Waals surface area contributed by atoms with Gasteiger partial charge in [-0.25, -0.2) is 8.42 Å². The van der Waals surface area contributed by atoms with Crippen molar-refractivity contribution < 1.29 is 8.42 Å². The van der Waals surface area contributed by atoms with Crippen molar-refractivity contribution in [1.29, 1.82) is 0 Å². The van der Waals surface area contributed by atoms with E-state index in [1.807, 2.05) is 11.8 Å². The topological polar surface area (TPSA) is 60.2 Å². The predicted octanol–water partition coefficient (Wildman–Crippen LogP) is 2.20. The summed E-state index contributed by atoms with van der Waals surface area (Å²) in [7, 11) is -2.82. The van der Waals surface area contributed by atoms with E-state index < -0.39 is 9.84 Å². The number of hydrogen-bond acceptors (Lipinski definition) is 4. The van der Waals surface area contributed by atoms with Gasteiger partial charge in [-0.05, 0) is 25.7 Å². The van der Waals surface area contributed by atoms with Crippen molar-refractivity contribution in [1.82, 2.24) is 0 Å². The lowest BCUT2D eigenvalue weighted by Crippen LogP contribution is -2.25. The first-order valence-corrected chi connectivity index (χ1v) is 9.63. The molecule has 1 aliphatic carbocycles. The molecule has 2 N–H and O–H groups in total. The Morgan fingerprint density at radius 2 is 1.94 bits per heavy atom.